The highest BCUT2D eigenvalue weighted by Gasteiger charge is 2.23. The third-order valence-electron chi connectivity index (χ3n) is 3.91. The zero-order valence-electron chi connectivity index (χ0n) is 12.7. The SMILES string of the molecule is CC(=O)N1CCc2c(cncc2C(=O)Nc2cccc(Cl)c2)C1. The lowest BCUT2D eigenvalue weighted by molar-refractivity contribution is -0.129. The van der Waals surface area contributed by atoms with Crippen molar-refractivity contribution in [3.63, 3.8) is 0 Å². The second-order valence-electron chi connectivity index (χ2n) is 5.48. The molecule has 2 amide bonds. The number of anilines is 1. The Bertz CT molecular complexity index is 776. The molecule has 118 valence electrons. The van der Waals surface area contributed by atoms with Crippen LogP contribution in [0.5, 0.6) is 0 Å². The number of nitrogens with zero attached hydrogens (tertiary/aromatic N) is 2. The molecule has 1 aliphatic rings. The number of halogens is 1. The van der Waals surface area contributed by atoms with E-state index >= 15 is 0 Å². The van der Waals surface area contributed by atoms with Crippen molar-refractivity contribution in [2.45, 2.75) is 19.9 Å². The molecule has 0 bridgehead atoms. The number of aromatic nitrogens is 1. The van der Waals surface area contributed by atoms with E-state index < -0.39 is 0 Å². The molecule has 0 saturated heterocycles. The molecule has 1 aromatic heterocycles. The van der Waals surface area contributed by atoms with Gasteiger partial charge in [0.1, 0.15) is 0 Å². The minimum absolute atomic E-state index is 0.0319. The molecule has 3 rings (SSSR count). The topological polar surface area (TPSA) is 62.3 Å². The van der Waals surface area contributed by atoms with Gasteiger partial charge in [0.2, 0.25) is 5.91 Å². The van der Waals surface area contributed by atoms with Crippen LogP contribution in [0.25, 0.3) is 0 Å². The van der Waals surface area contributed by atoms with E-state index in [-0.39, 0.29) is 11.8 Å². The Hall–Kier alpha value is -2.40. The number of benzene rings is 1. The van der Waals surface area contributed by atoms with Crippen LogP contribution in [0.2, 0.25) is 5.02 Å². The minimum Gasteiger partial charge on any atom is -0.338 e. The molecule has 6 heteroatoms. The van der Waals surface area contributed by atoms with Crippen LogP contribution in [0.15, 0.2) is 36.7 Å². The first kappa shape index (κ1) is 15.5. The first-order valence-corrected chi connectivity index (χ1v) is 7.70. The van der Waals surface area contributed by atoms with Crippen LogP contribution >= 0.6 is 11.6 Å². The van der Waals surface area contributed by atoms with Crippen molar-refractivity contribution in [2.24, 2.45) is 0 Å². The maximum absolute atomic E-state index is 12.5. The summed E-state index contributed by atoms with van der Waals surface area (Å²) >= 11 is 5.93. The number of nitrogens with one attached hydrogen (secondary N) is 1. The van der Waals surface area contributed by atoms with Crippen LogP contribution in [0, 0.1) is 0 Å². The lowest BCUT2D eigenvalue weighted by Gasteiger charge is -2.28. The monoisotopic (exact) mass is 329 g/mol. The second kappa shape index (κ2) is 6.38. The Balaban J connectivity index is 1.85. The van der Waals surface area contributed by atoms with Crippen molar-refractivity contribution in [1.82, 2.24) is 9.88 Å². The Morgan fingerprint density at radius 3 is 2.87 bits per heavy atom. The molecule has 0 aliphatic carbocycles. The third kappa shape index (κ3) is 3.35. The number of carbonyl (C=O) groups is 2. The number of pyridine rings is 1. The van der Waals surface area contributed by atoms with Gasteiger partial charge in [0.15, 0.2) is 0 Å². The largest absolute Gasteiger partial charge is 0.338 e. The second-order valence-corrected chi connectivity index (χ2v) is 5.92. The van der Waals surface area contributed by atoms with Gasteiger partial charge in [0.25, 0.3) is 5.91 Å². The van der Waals surface area contributed by atoms with Gasteiger partial charge in [0.05, 0.1) is 5.56 Å². The molecule has 0 radical (unpaired) electrons. The van der Waals surface area contributed by atoms with Crippen molar-refractivity contribution < 1.29 is 9.59 Å². The lowest BCUT2D eigenvalue weighted by atomic mass is 9.96. The maximum atomic E-state index is 12.5. The van der Waals surface area contributed by atoms with Crippen LogP contribution in [-0.2, 0) is 17.8 Å². The molecule has 23 heavy (non-hydrogen) atoms. The van der Waals surface area contributed by atoms with Gasteiger partial charge in [-0.15, -0.1) is 0 Å². The highest BCUT2D eigenvalue weighted by atomic mass is 35.5. The highest BCUT2D eigenvalue weighted by Crippen LogP contribution is 2.23. The van der Waals surface area contributed by atoms with Crippen LogP contribution in [0.1, 0.15) is 28.4 Å². The molecular formula is C17H16ClN3O2. The summed E-state index contributed by atoms with van der Waals surface area (Å²) in [6, 6.07) is 7.00. The van der Waals surface area contributed by atoms with E-state index in [1.165, 1.54) is 0 Å². The molecule has 2 heterocycles. The summed E-state index contributed by atoms with van der Waals surface area (Å²) in [6.45, 7) is 2.66. The van der Waals surface area contributed by atoms with Gasteiger partial charge in [-0.2, -0.15) is 0 Å². The molecule has 1 aliphatic heterocycles. The van der Waals surface area contributed by atoms with E-state index in [2.05, 4.69) is 10.3 Å². The molecule has 0 saturated carbocycles. The van der Waals surface area contributed by atoms with E-state index in [4.69, 9.17) is 11.6 Å². The molecule has 1 aromatic carbocycles. The van der Waals surface area contributed by atoms with Gasteiger partial charge in [0, 0.05) is 43.1 Å². The number of fused-ring (bicyclic) bond motifs is 1. The van der Waals surface area contributed by atoms with Crippen LogP contribution in [0.4, 0.5) is 5.69 Å². The molecule has 0 fully saturated rings. The maximum Gasteiger partial charge on any atom is 0.257 e. The van der Waals surface area contributed by atoms with E-state index in [1.54, 1.807) is 48.5 Å². The number of hydrogen-bond acceptors (Lipinski definition) is 3. The summed E-state index contributed by atoms with van der Waals surface area (Å²) < 4.78 is 0. The predicted molar refractivity (Wildman–Crippen MR) is 88.4 cm³/mol. The van der Waals surface area contributed by atoms with Crippen LogP contribution < -0.4 is 5.32 Å². The van der Waals surface area contributed by atoms with Crippen molar-refractivity contribution >= 4 is 29.1 Å². The summed E-state index contributed by atoms with van der Waals surface area (Å²) in [5.74, 6) is -0.183. The fourth-order valence-electron chi connectivity index (χ4n) is 2.72. The molecular weight excluding hydrogens is 314 g/mol. The zero-order valence-corrected chi connectivity index (χ0v) is 13.4. The molecule has 5 nitrogen and oxygen atoms in total. The fraction of sp³-hybridized carbons (Fsp3) is 0.235. The van der Waals surface area contributed by atoms with Gasteiger partial charge < -0.3 is 10.2 Å². The van der Waals surface area contributed by atoms with Crippen molar-refractivity contribution in [3.8, 4) is 0 Å². The smallest absolute Gasteiger partial charge is 0.257 e. The van der Waals surface area contributed by atoms with Crippen molar-refractivity contribution in [2.75, 3.05) is 11.9 Å². The van der Waals surface area contributed by atoms with Gasteiger partial charge >= 0.3 is 0 Å². The summed E-state index contributed by atoms with van der Waals surface area (Å²) in [5, 5.41) is 3.40. The number of amides is 2. The molecule has 1 N–H and O–H groups in total. The average Bonchev–Trinajstić information content (AvgIpc) is 2.53. The first-order valence-electron chi connectivity index (χ1n) is 7.33. The average molecular weight is 330 g/mol. The quantitative estimate of drug-likeness (QED) is 0.921. The zero-order chi connectivity index (χ0) is 16.4. The van der Waals surface area contributed by atoms with Gasteiger partial charge in [-0.3, -0.25) is 14.6 Å². The van der Waals surface area contributed by atoms with E-state index in [1.807, 2.05) is 0 Å². The normalized spacial score (nSPS) is 13.4. The third-order valence-corrected chi connectivity index (χ3v) is 4.15. The number of hydrogen-bond donors (Lipinski definition) is 1. The van der Waals surface area contributed by atoms with E-state index in [0.29, 0.717) is 35.8 Å². The van der Waals surface area contributed by atoms with Crippen LogP contribution in [-0.4, -0.2) is 28.2 Å². The lowest BCUT2D eigenvalue weighted by Crippen LogP contribution is -2.35. The number of rotatable bonds is 2. The molecule has 0 atom stereocenters. The first-order chi connectivity index (χ1) is 11.0. The van der Waals surface area contributed by atoms with Gasteiger partial charge in [-0.05, 0) is 35.7 Å². The van der Waals surface area contributed by atoms with E-state index in [0.717, 1.165) is 11.1 Å². The minimum atomic E-state index is -0.215. The summed E-state index contributed by atoms with van der Waals surface area (Å²) in [5.41, 5.74) is 3.06. The molecule has 0 spiro atoms. The summed E-state index contributed by atoms with van der Waals surface area (Å²) in [7, 11) is 0. The van der Waals surface area contributed by atoms with E-state index in [9.17, 15) is 9.59 Å². The van der Waals surface area contributed by atoms with Gasteiger partial charge in [-0.1, -0.05) is 17.7 Å². The molecule has 2 aromatic rings. The summed E-state index contributed by atoms with van der Waals surface area (Å²) in [4.78, 5) is 30.0. The van der Waals surface area contributed by atoms with Crippen molar-refractivity contribution in [3.05, 3.63) is 58.4 Å². The predicted octanol–water partition coefficient (Wildman–Crippen LogP) is 2.89. The fourth-order valence-corrected chi connectivity index (χ4v) is 2.91. The van der Waals surface area contributed by atoms with Gasteiger partial charge in [-0.25, -0.2) is 0 Å². The molecule has 0 unspecified atom stereocenters. The number of carbonyl (C=O) groups excluding carboxylic acids is 2. The Kier molecular flexibility index (Phi) is 4.30. The highest BCUT2D eigenvalue weighted by molar-refractivity contribution is 6.31. The van der Waals surface area contributed by atoms with Crippen LogP contribution in [0.3, 0.4) is 0 Å². The standard InChI is InChI=1S/C17H16ClN3O2/c1-11(22)21-6-5-15-12(10-21)8-19-9-16(15)17(23)20-14-4-2-3-13(18)7-14/h2-4,7-9H,5-6,10H2,1H3,(H,20,23). The van der Waals surface area contributed by atoms with Crippen molar-refractivity contribution in [1.29, 1.82) is 0 Å². The Morgan fingerprint density at radius 1 is 1.30 bits per heavy atom. The Morgan fingerprint density at radius 2 is 2.13 bits per heavy atom. The Labute approximate surface area is 139 Å². The summed E-state index contributed by atoms with van der Waals surface area (Å²) in [6.07, 6.45) is 3.94.